The second kappa shape index (κ2) is 7.31. The third-order valence-corrected chi connectivity index (χ3v) is 5.17. The first-order chi connectivity index (χ1) is 9.65. The molecule has 6 heteroatoms. The quantitative estimate of drug-likeness (QED) is 0.765. The number of carbonyl (C=O) groups excluding carboxylic acids is 2. The van der Waals surface area contributed by atoms with Crippen molar-refractivity contribution in [3.05, 3.63) is 0 Å². The number of amides is 2. The molecule has 2 rings (SSSR count). The van der Waals surface area contributed by atoms with E-state index in [2.05, 4.69) is 0 Å². The van der Waals surface area contributed by atoms with Gasteiger partial charge in [-0.1, -0.05) is 12.8 Å². The molecule has 0 aromatic carbocycles. The standard InChI is InChI=1S/C14H24N2O3S/c1-15(7-8-19-2)14(18)12-9-20-10-16(12)13(17)11-5-3-4-6-11/h11-12H,3-10H2,1-2H3/t12-/m1/s1. The van der Waals surface area contributed by atoms with Crippen molar-refractivity contribution in [2.24, 2.45) is 5.92 Å². The van der Waals surface area contributed by atoms with Crippen LogP contribution in [0.1, 0.15) is 25.7 Å². The highest BCUT2D eigenvalue weighted by Crippen LogP contribution is 2.31. The normalized spacial score (nSPS) is 23.3. The fraction of sp³-hybridized carbons (Fsp3) is 0.857. The van der Waals surface area contributed by atoms with Crippen molar-refractivity contribution in [2.75, 3.05) is 38.9 Å². The van der Waals surface area contributed by atoms with Gasteiger partial charge in [0.2, 0.25) is 11.8 Å². The second-order valence-corrected chi connectivity index (χ2v) is 6.56. The third kappa shape index (κ3) is 3.47. The molecule has 1 aliphatic carbocycles. The summed E-state index contributed by atoms with van der Waals surface area (Å²) in [7, 11) is 3.40. The summed E-state index contributed by atoms with van der Waals surface area (Å²) in [6.45, 7) is 1.10. The molecule has 0 radical (unpaired) electrons. The Balaban J connectivity index is 1.95. The molecule has 20 heavy (non-hydrogen) atoms. The third-order valence-electron chi connectivity index (χ3n) is 4.16. The van der Waals surface area contributed by atoms with Crippen LogP contribution in [0.25, 0.3) is 0 Å². The predicted molar refractivity (Wildman–Crippen MR) is 79.4 cm³/mol. The minimum atomic E-state index is -0.282. The largest absolute Gasteiger partial charge is 0.383 e. The van der Waals surface area contributed by atoms with Gasteiger partial charge in [-0.3, -0.25) is 9.59 Å². The number of hydrogen-bond donors (Lipinski definition) is 0. The van der Waals surface area contributed by atoms with Crippen LogP contribution in [0.2, 0.25) is 0 Å². The molecule has 0 unspecified atom stereocenters. The predicted octanol–water partition coefficient (Wildman–Crippen LogP) is 1.18. The van der Waals surface area contributed by atoms with Crippen LogP contribution in [0.15, 0.2) is 0 Å². The van der Waals surface area contributed by atoms with Crippen molar-refractivity contribution < 1.29 is 14.3 Å². The summed E-state index contributed by atoms with van der Waals surface area (Å²) in [5, 5.41) is 0. The van der Waals surface area contributed by atoms with E-state index >= 15 is 0 Å². The van der Waals surface area contributed by atoms with Gasteiger partial charge < -0.3 is 14.5 Å². The summed E-state index contributed by atoms with van der Waals surface area (Å²) in [5.74, 6) is 1.75. The van der Waals surface area contributed by atoms with Gasteiger partial charge in [0, 0.05) is 32.4 Å². The average molecular weight is 300 g/mol. The summed E-state index contributed by atoms with van der Waals surface area (Å²) >= 11 is 1.67. The molecule has 0 aromatic rings. The van der Waals surface area contributed by atoms with Crippen LogP contribution in [-0.2, 0) is 14.3 Å². The van der Waals surface area contributed by atoms with Crippen molar-refractivity contribution in [1.29, 1.82) is 0 Å². The number of likely N-dealkylation sites (N-methyl/N-ethyl adjacent to an activating group) is 1. The van der Waals surface area contributed by atoms with Gasteiger partial charge in [0.05, 0.1) is 12.5 Å². The van der Waals surface area contributed by atoms with E-state index in [9.17, 15) is 9.59 Å². The van der Waals surface area contributed by atoms with E-state index in [-0.39, 0.29) is 23.8 Å². The van der Waals surface area contributed by atoms with Crippen molar-refractivity contribution in [2.45, 2.75) is 31.7 Å². The molecule has 1 atom stereocenters. The molecule has 1 saturated heterocycles. The van der Waals surface area contributed by atoms with E-state index in [1.54, 1.807) is 35.7 Å². The lowest BCUT2D eigenvalue weighted by atomic mass is 10.1. The van der Waals surface area contributed by atoms with Gasteiger partial charge in [-0.2, -0.15) is 0 Å². The molecule has 5 nitrogen and oxygen atoms in total. The van der Waals surface area contributed by atoms with Crippen molar-refractivity contribution in [3.8, 4) is 0 Å². The molecule has 2 aliphatic rings. The van der Waals surface area contributed by atoms with Gasteiger partial charge >= 0.3 is 0 Å². The first-order valence-electron chi connectivity index (χ1n) is 7.27. The van der Waals surface area contributed by atoms with Crippen LogP contribution in [0.5, 0.6) is 0 Å². The topological polar surface area (TPSA) is 49.9 Å². The molecule has 1 aliphatic heterocycles. The molecule has 0 N–H and O–H groups in total. The minimum absolute atomic E-state index is 0.0402. The zero-order valence-corrected chi connectivity index (χ0v) is 13.2. The molecular weight excluding hydrogens is 276 g/mol. The maximum absolute atomic E-state index is 12.5. The van der Waals surface area contributed by atoms with Gasteiger partial charge in [-0.25, -0.2) is 0 Å². The molecule has 1 saturated carbocycles. The van der Waals surface area contributed by atoms with Crippen LogP contribution in [0, 0.1) is 5.92 Å². The number of thioether (sulfide) groups is 1. The van der Waals surface area contributed by atoms with Gasteiger partial charge in [-0.15, -0.1) is 11.8 Å². The van der Waals surface area contributed by atoms with Crippen molar-refractivity contribution in [1.82, 2.24) is 9.80 Å². The van der Waals surface area contributed by atoms with Gasteiger partial charge in [0.15, 0.2) is 0 Å². The Labute approximate surface area is 125 Å². The summed E-state index contributed by atoms with van der Waals surface area (Å²) < 4.78 is 5.00. The Bertz CT molecular complexity index is 358. The van der Waals surface area contributed by atoms with E-state index in [1.165, 1.54) is 0 Å². The number of rotatable bonds is 5. The second-order valence-electron chi connectivity index (χ2n) is 5.56. The van der Waals surface area contributed by atoms with Crippen LogP contribution >= 0.6 is 11.8 Å². The average Bonchev–Trinajstić information content (AvgIpc) is 3.13. The van der Waals surface area contributed by atoms with E-state index in [0.29, 0.717) is 24.8 Å². The molecule has 114 valence electrons. The number of hydrogen-bond acceptors (Lipinski definition) is 4. The summed E-state index contributed by atoms with van der Waals surface area (Å²) in [5.41, 5.74) is 0. The van der Waals surface area contributed by atoms with Crippen molar-refractivity contribution >= 4 is 23.6 Å². The highest BCUT2D eigenvalue weighted by atomic mass is 32.2. The fourth-order valence-corrected chi connectivity index (χ4v) is 4.02. The monoisotopic (exact) mass is 300 g/mol. The molecule has 0 aromatic heterocycles. The van der Waals surface area contributed by atoms with Crippen molar-refractivity contribution in [3.63, 3.8) is 0 Å². The lowest BCUT2D eigenvalue weighted by Crippen LogP contribution is -2.49. The fourth-order valence-electron chi connectivity index (χ4n) is 2.86. The smallest absolute Gasteiger partial charge is 0.246 e. The Hall–Kier alpha value is -0.750. The first kappa shape index (κ1) is 15.6. The molecule has 0 bridgehead atoms. The maximum atomic E-state index is 12.5. The number of ether oxygens (including phenoxy) is 1. The van der Waals surface area contributed by atoms with E-state index in [4.69, 9.17) is 4.74 Å². The van der Waals surface area contributed by atoms with E-state index in [0.717, 1.165) is 25.7 Å². The summed E-state index contributed by atoms with van der Waals surface area (Å²) in [6, 6.07) is -0.282. The molecule has 1 heterocycles. The number of nitrogens with zero attached hydrogens (tertiary/aromatic N) is 2. The molecule has 2 amide bonds. The van der Waals surface area contributed by atoms with E-state index in [1.807, 2.05) is 0 Å². The Morgan fingerprint density at radius 1 is 1.35 bits per heavy atom. The lowest BCUT2D eigenvalue weighted by molar-refractivity contribution is -0.145. The first-order valence-corrected chi connectivity index (χ1v) is 8.42. The zero-order chi connectivity index (χ0) is 14.5. The van der Waals surface area contributed by atoms with Crippen LogP contribution in [0.3, 0.4) is 0 Å². The Kier molecular flexibility index (Phi) is 5.72. The van der Waals surface area contributed by atoms with Crippen LogP contribution < -0.4 is 0 Å². The highest BCUT2D eigenvalue weighted by Gasteiger charge is 2.39. The minimum Gasteiger partial charge on any atom is -0.383 e. The van der Waals surface area contributed by atoms with Gasteiger partial charge in [-0.05, 0) is 12.8 Å². The molecule has 0 spiro atoms. The highest BCUT2D eigenvalue weighted by molar-refractivity contribution is 7.99. The lowest BCUT2D eigenvalue weighted by Gasteiger charge is -2.29. The number of methoxy groups -OCH3 is 1. The molecular formula is C14H24N2O3S. The summed E-state index contributed by atoms with van der Waals surface area (Å²) in [4.78, 5) is 28.4. The van der Waals surface area contributed by atoms with E-state index < -0.39 is 0 Å². The van der Waals surface area contributed by atoms with Crippen LogP contribution in [0.4, 0.5) is 0 Å². The molecule has 2 fully saturated rings. The summed E-state index contributed by atoms with van der Waals surface area (Å²) in [6.07, 6.45) is 4.26. The maximum Gasteiger partial charge on any atom is 0.246 e. The Morgan fingerprint density at radius 2 is 2.05 bits per heavy atom. The number of carbonyl (C=O) groups is 2. The SMILES string of the molecule is COCCN(C)C(=O)[C@H]1CSCN1C(=O)C1CCCC1. The van der Waals surface area contributed by atoms with Crippen LogP contribution in [-0.4, -0.2) is 66.6 Å². The Morgan fingerprint density at radius 3 is 2.70 bits per heavy atom. The zero-order valence-electron chi connectivity index (χ0n) is 12.3. The van der Waals surface area contributed by atoms with Gasteiger partial charge in [0.25, 0.3) is 0 Å². The van der Waals surface area contributed by atoms with Gasteiger partial charge in [0.1, 0.15) is 6.04 Å².